The molecule has 14 heavy (non-hydrogen) atoms. The van der Waals surface area contributed by atoms with E-state index in [2.05, 4.69) is 10.3 Å². The minimum absolute atomic E-state index is 0.825. The number of hydrogen-bond donors (Lipinski definition) is 1. The first kappa shape index (κ1) is 8.03. The average Bonchev–Trinajstić information content (AvgIpc) is 2.68. The molecule has 3 heteroatoms. The molecule has 4 unspecified atom stereocenters. The van der Waals surface area contributed by atoms with Crippen molar-refractivity contribution < 1.29 is 0 Å². The second-order valence-electron chi connectivity index (χ2n) is 5.19. The summed E-state index contributed by atoms with van der Waals surface area (Å²) in [6.07, 6.45) is 4.58. The lowest BCUT2D eigenvalue weighted by Crippen LogP contribution is -2.26. The van der Waals surface area contributed by atoms with E-state index < -0.39 is 0 Å². The third-order valence-corrected chi connectivity index (χ3v) is 5.52. The molecule has 3 saturated carbocycles. The normalized spacial score (nSPS) is 53.1. The van der Waals surface area contributed by atoms with Gasteiger partial charge in [0.25, 0.3) is 0 Å². The van der Waals surface area contributed by atoms with E-state index in [0.29, 0.717) is 0 Å². The molecule has 0 radical (unpaired) electrons. The van der Waals surface area contributed by atoms with Crippen LogP contribution in [0.5, 0.6) is 0 Å². The zero-order valence-electron chi connectivity index (χ0n) is 8.28. The van der Waals surface area contributed by atoms with Gasteiger partial charge in [-0.3, -0.25) is 4.99 Å². The first-order valence-electron chi connectivity index (χ1n) is 5.87. The first-order valence-corrected chi connectivity index (χ1v) is 6.86. The topological polar surface area (TPSA) is 24.4 Å². The minimum Gasteiger partial charge on any atom is -0.362 e. The molecule has 2 bridgehead atoms. The van der Waals surface area contributed by atoms with E-state index >= 15 is 0 Å². The van der Waals surface area contributed by atoms with Crippen molar-refractivity contribution in [1.82, 2.24) is 5.32 Å². The average molecular weight is 208 g/mol. The first-order chi connectivity index (χ1) is 6.93. The van der Waals surface area contributed by atoms with Gasteiger partial charge in [0.1, 0.15) is 0 Å². The molecule has 3 fully saturated rings. The summed E-state index contributed by atoms with van der Waals surface area (Å²) in [5.41, 5.74) is 0. The number of amidine groups is 1. The minimum atomic E-state index is 0.825. The van der Waals surface area contributed by atoms with Crippen molar-refractivity contribution in [1.29, 1.82) is 0 Å². The molecule has 0 aromatic rings. The van der Waals surface area contributed by atoms with Crippen LogP contribution in [0.4, 0.5) is 0 Å². The van der Waals surface area contributed by atoms with Gasteiger partial charge >= 0.3 is 0 Å². The van der Waals surface area contributed by atoms with E-state index in [1.54, 1.807) is 6.42 Å². The summed E-state index contributed by atoms with van der Waals surface area (Å²) >= 11 is 1.91. The Kier molecular flexibility index (Phi) is 1.54. The van der Waals surface area contributed by atoms with Crippen molar-refractivity contribution in [2.24, 2.45) is 28.7 Å². The van der Waals surface area contributed by atoms with Crippen LogP contribution in [0.3, 0.4) is 0 Å². The highest BCUT2D eigenvalue weighted by Crippen LogP contribution is 2.65. The van der Waals surface area contributed by atoms with Crippen LogP contribution in [0.25, 0.3) is 0 Å². The molecule has 76 valence electrons. The molecule has 4 rings (SSSR count). The van der Waals surface area contributed by atoms with Crippen LogP contribution in [0, 0.1) is 23.7 Å². The van der Waals surface area contributed by atoms with Gasteiger partial charge in [0.05, 0.1) is 6.54 Å². The van der Waals surface area contributed by atoms with Crippen LogP contribution in [-0.2, 0) is 0 Å². The second kappa shape index (κ2) is 2.69. The van der Waals surface area contributed by atoms with E-state index in [4.69, 9.17) is 0 Å². The lowest BCUT2D eigenvalue weighted by molar-refractivity contribution is 0.456. The van der Waals surface area contributed by atoms with Gasteiger partial charge in [0, 0.05) is 11.8 Å². The maximum absolute atomic E-state index is 4.48. The van der Waals surface area contributed by atoms with Crippen LogP contribution in [0.1, 0.15) is 19.3 Å². The number of fused-ring (bicyclic) bond motifs is 5. The fraction of sp³-hybridized carbons (Fsp3) is 0.909. The standard InChI is InChI=1S/C11H16N2S/c1-2-7-5-6(1)8-9(7)10(8)13-11-12-3-4-14-11/h6-10H,1-5H2,(H,12,13). The van der Waals surface area contributed by atoms with Gasteiger partial charge in [-0.25, -0.2) is 0 Å². The molecular weight excluding hydrogens is 192 g/mol. The van der Waals surface area contributed by atoms with Crippen molar-refractivity contribution in [2.45, 2.75) is 25.3 Å². The molecule has 4 atom stereocenters. The predicted octanol–water partition coefficient (Wildman–Crippen LogP) is 1.72. The van der Waals surface area contributed by atoms with E-state index in [1.165, 1.54) is 23.8 Å². The van der Waals surface area contributed by atoms with E-state index in [-0.39, 0.29) is 0 Å². The summed E-state index contributed by atoms with van der Waals surface area (Å²) in [6.45, 7) is 1.03. The molecule has 1 heterocycles. The van der Waals surface area contributed by atoms with Gasteiger partial charge in [0.2, 0.25) is 0 Å². The number of nitrogens with one attached hydrogen (secondary N) is 1. The van der Waals surface area contributed by atoms with E-state index in [1.807, 2.05) is 11.8 Å². The van der Waals surface area contributed by atoms with E-state index in [0.717, 1.165) is 36.3 Å². The highest BCUT2D eigenvalue weighted by Gasteiger charge is 2.65. The number of aliphatic imine (C=N–C) groups is 1. The third-order valence-electron chi connectivity index (χ3n) is 4.61. The van der Waals surface area contributed by atoms with Crippen LogP contribution in [-0.4, -0.2) is 23.5 Å². The van der Waals surface area contributed by atoms with Crippen molar-refractivity contribution in [3.05, 3.63) is 0 Å². The number of thioether (sulfide) groups is 1. The van der Waals surface area contributed by atoms with Gasteiger partial charge in [-0.2, -0.15) is 0 Å². The molecule has 0 spiro atoms. The van der Waals surface area contributed by atoms with Crippen LogP contribution in [0.15, 0.2) is 4.99 Å². The van der Waals surface area contributed by atoms with E-state index in [9.17, 15) is 0 Å². The molecular formula is C11H16N2S. The fourth-order valence-corrected chi connectivity index (χ4v) is 4.86. The molecule has 1 aliphatic heterocycles. The summed E-state index contributed by atoms with van der Waals surface area (Å²) in [7, 11) is 0. The molecule has 3 aliphatic carbocycles. The molecule has 0 amide bonds. The zero-order valence-corrected chi connectivity index (χ0v) is 9.09. The highest BCUT2D eigenvalue weighted by molar-refractivity contribution is 8.14. The monoisotopic (exact) mass is 208 g/mol. The summed E-state index contributed by atoms with van der Waals surface area (Å²) in [4.78, 5) is 4.48. The summed E-state index contributed by atoms with van der Waals surface area (Å²) in [5.74, 6) is 5.43. The maximum atomic E-state index is 4.48. The van der Waals surface area contributed by atoms with Crippen LogP contribution in [0.2, 0.25) is 0 Å². The quantitative estimate of drug-likeness (QED) is 0.709. The molecule has 4 aliphatic rings. The molecule has 0 aromatic carbocycles. The van der Waals surface area contributed by atoms with Gasteiger partial charge in [-0.15, -0.1) is 0 Å². The summed E-state index contributed by atoms with van der Waals surface area (Å²) in [6, 6.07) is 0.825. The Morgan fingerprint density at radius 1 is 1.21 bits per heavy atom. The van der Waals surface area contributed by atoms with Crippen LogP contribution >= 0.6 is 11.8 Å². The van der Waals surface area contributed by atoms with Crippen molar-refractivity contribution in [3.63, 3.8) is 0 Å². The van der Waals surface area contributed by atoms with Crippen molar-refractivity contribution >= 4 is 16.9 Å². The second-order valence-corrected chi connectivity index (χ2v) is 6.28. The molecule has 0 saturated heterocycles. The Bertz CT molecular complexity index is 286. The highest BCUT2D eigenvalue weighted by atomic mass is 32.2. The SMILES string of the molecule is C1CSC(NC2C3C4CCC(C4)C23)=N1. The lowest BCUT2D eigenvalue weighted by atomic mass is 10.0. The van der Waals surface area contributed by atoms with Crippen molar-refractivity contribution in [3.8, 4) is 0 Å². The van der Waals surface area contributed by atoms with Gasteiger partial charge in [-0.05, 0) is 42.9 Å². The predicted molar refractivity (Wildman–Crippen MR) is 59.5 cm³/mol. The van der Waals surface area contributed by atoms with Gasteiger partial charge in [0.15, 0.2) is 5.17 Å². The zero-order chi connectivity index (χ0) is 9.12. The summed E-state index contributed by atoms with van der Waals surface area (Å²) in [5, 5.41) is 4.91. The smallest absolute Gasteiger partial charge is 0.156 e. The van der Waals surface area contributed by atoms with Crippen LogP contribution < -0.4 is 5.32 Å². The molecule has 1 N–H and O–H groups in total. The number of hydrogen-bond acceptors (Lipinski definition) is 3. The Hall–Kier alpha value is -0.180. The Morgan fingerprint density at radius 3 is 2.64 bits per heavy atom. The van der Waals surface area contributed by atoms with Gasteiger partial charge in [-0.1, -0.05) is 11.8 Å². The number of rotatable bonds is 1. The Labute approximate surface area is 88.9 Å². The maximum Gasteiger partial charge on any atom is 0.156 e. The largest absolute Gasteiger partial charge is 0.362 e. The summed E-state index contributed by atoms with van der Waals surface area (Å²) < 4.78 is 0. The Balaban J connectivity index is 1.46. The number of nitrogens with zero attached hydrogens (tertiary/aromatic N) is 1. The fourth-order valence-electron chi connectivity index (χ4n) is 4.08. The molecule has 2 nitrogen and oxygen atoms in total. The van der Waals surface area contributed by atoms with Crippen molar-refractivity contribution in [2.75, 3.05) is 12.3 Å². The van der Waals surface area contributed by atoms with Gasteiger partial charge < -0.3 is 5.32 Å². The Morgan fingerprint density at radius 2 is 2.00 bits per heavy atom. The lowest BCUT2D eigenvalue weighted by Gasteiger charge is -2.10. The molecule has 0 aromatic heterocycles. The third kappa shape index (κ3) is 0.967.